The van der Waals surface area contributed by atoms with Crippen molar-refractivity contribution in [1.82, 2.24) is 0 Å². The maximum absolute atomic E-state index is 6.49. The molecule has 0 aliphatic heterocycles. The third-order valence-electron chi connectivity index (χ3n) is 4.49. The molecule has 2 aromatic rings. The van der Waals surface area contributed by atoms with Gasteiger partial charge in [-0.3, -0.25) is 12.2 Å². The normalized spacial score (nSPS) is 14.6. The molecule has 0 aromatic heterocycles. The van der Waals surface area contributed by atoms with Gasteiger partial charge in [-0.15, -0.1) is 35.0 Å². The average molecular weight is 531 g/mol. The molecule has 0 nitrogen and oxygen atoms in total. The van der Waals surface area contributed by atoms with E-state index in [0.29, 0.717) is 0 Å². The van der Waals surface area contributed by atoms with Crippen LogP contribution in [0.15, 0.2) is 95.1 Å². The smallest absolute Gasteiger partial charge is 0.270 e. The van der Waals surface area contributed by atoms with Gasteiger partial charge in [0.25, 0.3) is 0 Å². The number of allylic oxidation sites excluding steroid dienone is 8. The van der Waals surface area contributed by atoms with E-state index in [1.54, 1.807) is 0 Å². The molecule has 0 unspecified atom stereocenters. The fourth-order valence-electron chi connectivity index (χ4n) is 2.96. The third kappa shape index (κ3) is 9.06. The number of rotatable bonds is 2. The van der Waals surface area contributed by atoms with Gasteiger partial charge in [0, 0.05) is 0 Å². The molecular weight excluding hydrogens is 503 g/mol. The van der Waals surface area contributed by atoms with Gasteiger partial charge in [-0.05, 0) is 10.4 Å². The van der Waals surface area contributed by atoms with Crippen molar-refractivity contribution in [3.8, 4) is 0 Å². The summed E-state index contributed by atoms with van der Waals surface area (Å²) in [6.07, 6.45) is 12.8. The molecule has 154 valence electrons. The van der Waals surface area contributed by atoms with E-state index in [-0.39, 0.29) is 26.2 Å². The molecule has 0 N–H and O–H groups in total. The molecule has 0 atom stereocenters. The fourth-order valence-corrected chi connectivity index (χ4v) is 6.03. The molecule has 0 fully saturated rings. The minimum Gasteiger partial charge on any atom is -0.270 e. The quantitative estimate of drug-likeness (QED) is 0.225. The summed E-state index contributed by atoms with van der Waals surface area (Å²) in [6, 6.07) is 19.7. The molecule has 0 bridgehead atoms. The van der Waals surface area contributed by atoms with Crippen molar-refractivity contribution in [1.29, 1.82) is 0 Å². The molecule has 2 aliphatic carbocycles. The largest absolute Gasteiger partial charge is 2.00 e. The number of hydrogen-bond donors (Lipinski definition) is 0. The van der Waals surface area contributed by atoms with Crippen LogP contribution in [0, 0.1) is 12.2 Å². The van der Waals surface area contributed by atoms with Crippen LogP contribution in [0.2, 0.25) is 0 Å². The number of hydrogen-bond acceptors (Lipinski definition) is 0. The van der Waals surface area contributed by atoms with Crippen LogP contribution in [-0.2, 0) is 26.2 Å². The summed E-state index contributed by atoms with van der Waals surface area (Å²) in [5, 5.41) is 2.05. The molecule has 4 rings (SSSR count). The predicted molar refractivity (Wildman–Crippen MR) is 131 cm³/mol. The molecule has 0 saturated carbocycles. The van der Waals surface area contributed by atoms with E-state index in [1.165, 1.54) is 22.3 Å². The van der Waals surface area contributed by atoms with Gasteiger partial charge >= 0.3 is 32.9 Å². The van der Waals surface area contributed by atoms with Crippen LogP contribution in [0.1, 0.15) is 40.5 Å². The first-order valence-corrected chi connectivity index (χ1v) is 13.8. The first kappa shape index (κ1) is 27.1. The molecule has 2 aliphatic rings. The SMILES string of the molecule is CC1=[C-]CC(C)=C1.CC1=[C-]CC(C)=C1.Cl[Si](Cl)(c1ccccc1)c1ccccc1.[Zr+2]. The predicted octanol–water partition coefficient (Wildman–Crippen LogP) is 6.89. The van der Waals surface area contributed by atoms with Crippen LogP contribution < -0.4 is 10.4 Å². The Kier molecular flexibility index (Phi) is 12.2. The average Bonchev–Trinajstić information content (AvgIpc) is 3.30. The third-order valence-corrected chi connectivity index (χ3v) is 9.23. The van der Waals surface area contributed by atoms with Crippen LogP contribution >= 0.6 is 22.2 Å². The first-order chi connectivity index (χ1) is 13.8. The van der Waals surface area contributed by atoms with Crippen molar-refractivity contribution < 1.29 is 26.2 Å². The van der Waals surface area contributed by atoms with Crippen molar-refractivity contribution in [3.05, 3.63) is 107 Å². The van der Waals surface area contributed by atoms with E-state index in [9.17, 15) is 0 Å². The zero-order chi connectivity index (χ0) is 21.3. The second-order valence-corrected chi connectivity index (χ2v) is 13.6. The Morgan fingerprint density at radius 3 is 1.17 bits per heavy atom. The van der Waals surface area contributed by atoms with Crippen molar-refractivity contribution in [2.24, 2.45) is 0 Å². The standard InChI is InChI=1S/C12H10Cl2Si.2C7H9.Zr/c13-15(14,11-7-3-1-4-8-11)12-9-5-2-6-10-12;2*1-6-3-4-7(2)5-6;/h1-10H;2*5H,3H2,1-2H3;/q;2*-1;+2. The Labute approximate surface area is 211 Å². The monoisotopic (exact) mass is 528 g/mol. The minimum atomic E-state index is -2.51. The summed E-state index contributed by atoms with van der Waals surface area (Å²) in [4.78, 5) is 0. The maximum Gasteiger partial charge on any atom is 2.00 e. The van der Waals surface area contributed by atoms with Gasteiger partial charge in [0.05, 0.1) is 0 Å². The molecule has 2 aromatic carbocycles. The second kappa shape index (κ2) is 13.5. The molecular formula is C26H28Cl2SiZr. The van der Waals surface area contributed by atoms with Gasteiger partial charge in [0.15, 0.2) is 0 Å². The van der Waals surface area contributed by atoms with E-state index in [4.69, 9.17) is 22.2 Å². The van der Waals surface area contributed by atoms with Gasteiger partial charge in [-0.2, -0.15) is 11.1 Å². The molecule has 0 saturated heterocycles. The van der Waals surface area contributed by atoms with Gasteiger partial charge in [-0.25, -0.2) is 23.3 Å². The molecule has 4 heteroatoms. The first-order valence-electron chi connectivity index (χ1n) is 9.77. The minimum absolute atomic E-state index is 0. The zero-order valence-electron chi connectivity index (χ0n) is 18.1. The molecule has 30 heavy (non-hydrogen) atoms. The second-order valence-electron chi connectivity index (χ2n) is 7.36. The van der Waals surface area contributed by atoms with Gasteiger partial charge in [0.1, 0.15) is 0 Å². The molecule has 0 amide bonds. The van der Waals surface area contributed by atoms with E-state index in [0.717, 1.165) is 23.2 Å². The summed E-state index contributed by atoms with van der Waals surface area (Å²) in [5.74, 6) is 0. The van der Waals surface area contributed by atoms with Crippen molar-refractivity contribution >= 4 is 39.2 Å². The van der Waals surface area contributed by atoms with E-state index in [2.05, 4.69) is 52.0 Å². The van der Waals surface area contributed by atoms with Crippen LogP contribution in [0.4, 0.5) is 0 Å². The van der Waals surface area contributed by atoms with Crippen LogP contribution in [-0.4, -0.2) is 6.69 Å². The van der Waals surface area contributed by atoms with Crippen molar-refractivity contribution in [2.45, 2.75) is 40.5 Å². The summed E-state index contributed by atoms with van der Waals surface area (Å²) >= 11 is 13.0. The van der Waals surface area contributed by atoms with Crippen LogP contribution in [0.3, 0.4) is 0 Å². The molecule has 0 radical (unpaired) electrons. The van der Waals surface area contributed by atoms with Gasteiger partial charge in [-0.1, -0.05) is 88.4 Å². The summed E-state index contributed by atoms with van der Waals surface area (Å²) < 4.78 is 0. The summed E-state index contributed by atoms with van der Waals surface area (Å²) in [7, 11) is 0. The Morgan fingerprint density at radius 1 is 0.633 bits per heavy atom. The number of halogens is 2. The summed E-state index contributed by atoms with van der Waals surface area (Å²) in [5.41, 5.74) is 5.44. The summed E-state index contributed by atoms with van der Waals surface area (Å²) in [6.45, 7) is 5.91. The fraction of sp³-hybridized carbons (Fsp3) is 0.231. The number of benzene rings is 2. The van der Waals surface area contributed by atoms with Gasteiger partial charge < -0.3 is 0 Å². The van der Waals surface area contributed by atoms with Crippen LogP contribution in [0.5, 0.6) is 0 Å². The Bertz CT molecular complexity index is 835. The Hall–Kier alpha value is -0.920. The Balaban J connectivity index is 0.000000251. The van der Waals surface area contributed by atoms with E-state index < -0.39 is 6.69 Å². The maximum atomic E-state index is 6.49. The topological polar surface area (TPSA) is 0 Å². The molecule has 0 heterocycles. The van der Waals surface area contributed by atoms with Gasteiger partial charge in [0.2, 0.25) is 0 Å². The Morgan fingerprint density at radius 2 is 0.967 bits per heavy atom. The molecule has 0 spiro atoms. The zero-order valence-corrected chi connectivity index (χ0v) is 23.1. The van der Waals surface area contributed by atoms with Crippen molar-refractivity contribution in [3.63, 3.8) is 0 Å². The van der Waals surface area contributed by atoms with Crippen LogP contribution in [0.25, 0.3) is 0 Å². The van der Waals surface area contributed by atoms with Crippen molar-refractivity contribution in [2.75, 3.05) is 0 Å². The van der Waals surface area contributed by atoms with E-state index >= 15 is 0 Å². The van der Waals surface area contributed by atoms with E-state index in [1.807, 2.05) is 60.7 Å².